The van der Waals surface area contributed by atoms with Crippen molar-refractivity contribution in [2.24, 2.45) is 0 Å². The van der Waals surface area contributed by atoms with Crippen molar-refractivity contribution in [1.29, 1.82) is 0 Å². The standard InChI is InChI=1S/C9H10ClNO4S2/c1-11-5(4-15-2)8(12)9-6(17(11,13)14)3-7(10)16-9/h3,12H,4H2,1-2H3. The second-order valence-electron chi connectivity index (χ2n) is 3.44. The van der Waals surface area contributed by atoms with Gasteiger partial charge in [-0.2, -0.15) is 0 Å². The highest BCUT2D eigenvalue weighted by Gasteiger charge is 2.36. The molecule has 0 fully saturated rings. The van der Waals surface area contributed by atoms with Crippen LogP contribution in [0.15, 0.2) is 16.7 Å². The molecule has 1 aromatic heterocycles. The van der Waals surface area contributed by atoms with Crippen LogP contribution in [0.4, 0.5) is 0 Å². The Morgan fingerprint density at radius 1 is 1.59 bits per heavy atom. The highest BCUT2D eigenvalue weighted by Crippen LogP contribution is 2.41. The zero-order valence-electron chi connectivity index (χ0n) is 9.10. The van der Waals surface area contributed by atoms with Crippen LogP contribution in [0.3, 0.4) is 0 Å². The smallest absolute Gasteiger partial charge is 0.265 e. The molecular weight excluding hydrogens is 286 g/mol. The van der Waals surface area contributed by atoms with Crippen LogP contribution < -0.4 is 0 Å². The number of sulfonamides is 1. The summed E-state index contributed by atoms with van der Waals surface area (Å²) >= 11 is 6.81. The summed E-state index contributed by atoms with van der Waals surface area (Å²) in [5.41, 5.74) is 0.207. The summed E-state index contributed by atoms with van der Waals surface area (Å²) < 4.78 is 30.5. The number of hydrogen-bond donors (Lipinski definition) is 1. The molecule has 0 spiro atoms. The largest absolute Gasteiger partial charge is 0.505 e. The minimum Gasteiger partial charge on any atom is -0.505 e. The third-order valence-electron chi connectivity index (χ3n) is 2.46. The Kier molecular flexibility index (Phi) is 3.11. The average molecular weight is 296 g/mol. The van der Waals surface area contributed by atoms with Gasteiger partial charge in [0.25, 0.3) is 10.0 Å². The van der Waals surface area contributed by atoms with Crippen LogP contribution in [0.25, 0.3) is 5.76 Å². The van der Waals surface area contributed by atoms with Gasteiger partial charge in [-0.25, -0.2) is 8.42 Å². The fourth-order valence-corrected chi connectivity index (χ4v) is 4.56. The lowest BCUT2D eigenvalue weighted by Crippen LogP contribution is -2.32. The number of likely N-dealkylation sites (N-methyl/N-ethyl adjacent to an activating group) is 1. The van der Waals surface area contributed by atoms with Crippen molar-refractivity contribution in [2.75, 3.05) is 20.8 Å². The van der Waals surface area contributed by atoms with Gasteiger partial charge in [-0.05, 0) is 6.07 Å². The molecule has 0 radical (unpaired) electrons. The van der Waals surface area contributed by atoms with Crippen LogP contribution in [0, 0.1) is 0 Å². The van der Waals surface area contributed by atoms with E-state index >= 15 is 0 Å². The Hall–Kier alpha value is -0.760. The van der Waals surface area contributed by atoms with E-state index in [0.717, 1.165) is 15.6 Å². The first-order valence-corrected chi connectivity index (χ1v) is 7.22. The molecular formula is C9H10ClNO4S2. The van der Waals surface area contributed by atoms with E-state index in [-0.39, 0.29) is 27.8 Å². The normalized spacial score (nSPS) is 18.4. The number of nitrogens with zero attached hydrogens (tertiary/aromatic N) is 1. The van der Waals surface area contributed by atoms with Gasteiger partial charge in [0.1, 0.15) is 4.90 Å². The van der Waals surface area contributed by atoms with E-state index < -0.39 is 10.0 Å². The Bertz CT molecular complexity index is 590. The minimum atomic E-state index is -3.64. The molecule has 0 aromatic carbocycles. The van der Waals surface area contributed by atoms with Crippen molar-refractivity contribution in [1.82, 2.24) is 4.31 Å². The van der Waals surface area contributed by atoms with E-state index in [2.05, 4.69) is 0 Å². The first-order chi connectivity index (χ1) is 7.89. The van der Waals surface area contributed by atoms with E-state index in [1.54, 1.807) is 0 Å². The Labute approximate surface area is 108 Å². The number of methoxy groups -OCH3 is 1. The van der Waals surface area contributed by atoms with Crippen LogP contribution in [0.2, 0.25) is 4.34 Å². The lowest BCUT2D eigenvalue weighted by Gasteiger charge is -2.27. The highest BCUT2D eigenvalue weighted by atomic mass is 35.5. The van der Waals surface area contributed by atoms with Crippen LogP contribution >= 0.6 is 22.9 Å². The maximum Gasteiger partial charge on any atom is 0.265 e. The molecule has 0 unspecified atom stereocenters. The highest BCUT2D eigenvalue weighted by molar-refractivity contribution is 7.89. The molecule has 5 nitrogen and oxygen atoms in total. The van der Waals surface area contributed by atoms with Crippen molar-refractivity contribution >= 4 is 38.7 Å². The summed E-state index contributed by atoms with van der Waals surface area (Å²) in [7, 11) is -0.845. The number of aliphatic hydroxyl groups is 1. The number of fused-ring (bicyclic) bond motifs is 1. The van der Waals surface area contributed by atoms with Gasteiger partial charge in [-0.1, -0.05) is 11.6 Å². The fraction of sp³-hybridized carbons (Fsp3) is 0.333. The molecule has 8 heteroatoms. The molecule has 1 aliphatic rings. The topological polar surface area (TPSA) is 66.8 Å². The molecule has 0 aliphatic carbocycles. The van der Waals surface area contributed by atoms with Crippen LogP contribution in [-0.2, 0) is 14.8 Å². The van der Waals surface area contributed by atoms with E-state index in [1.807, 2.05) is 0 Å². The van der Waals surface area contributed by atoms with Crippen molar-refractivity contribution in [3.8, 4) is 0 Å². The SMILES string of the molecule is COCC1=C(O)c2sc(Cl)cc2S(=O)(=O)N1C. The monoisotopic (exact) mass is 295 g/mol. The molecule has 1 aliphatic heterocycles. The summed E-state index contributed by atoms with van der Waals surface area (Å²) in [6.45, 7) is 0.0104. The number of aliphatic hydroxyl groups excluding tert-OH is 1. The van der Waals surface area contributed by atoms with E-state index in [9.17, 15) is 13.5 Å². The van der Waals surface area contributed by atoms with Crippen molar-refractivity contribution in [2.45, 2.75) is 4.90 Å². The summed E-state index contributed by atoms with van der Waals surface area (Å²) in [6, 6.07) is 1.34. The first kappa shape index (κ1) is 12.7. The number of ether oxygens (including phenoxy) is 1. The molecule has 1 N–H and O–H groups in total. The molecule has 0 saturated carbocycles. The van der Waals surface area contributed by atoms with Gasteiger partial charge in [0.05, 0.1) is 21.5 Å². The third-order valence-corrected chi connectivity index (χ3v) is 5.68. The molecule has 0 amide bonds. The molecule has 2 rings (SSSR count). The number of halogens is 1. The summed E-state index contributed by atoms with van der Waals surface area (Å²) in [5.74, 6) is -0.101. The molecule has 0 atom stereocenters. The second-order valence-corrected chi connectivity index (χ2v) is 7.07. The molecule has 17 heavy (non-hydrogen) atoms. The Morgan fingerprint density at radius 2 is 2.24 bits per heavy atom. The summed E-state index contributed by atoms with van der Waals surface area (Å²) in [6.07, 6.45) is 0. The average Bonchev–Trinajstić information content (AvgIpc) is 2.65. The third kappa shape index (κ3) is 1.83. The number of hydrogen-bond acceptors (Lipinski definition) is 5. The predicted molar refractivity (Wildman–Crippen MR) is 65.7 cm³/mol. The van der Waals surface area contributed by atoms with Crippen molar-refractivity contribution < 1.29 is 18.3 Å². The number of thiophene rings is 1. The van der Waals surface area contributed by atoms with Gasteiger partial charge in [-0.3, -0.25) is 4.31 Å². The quantitative estimate of drug-likeness (QED) is 0.905. The molecule has 0 saturated heterocycles. The molecule has 1 aromatic rings. The predicted octanol–water partition coefficient (Wildman–Crippen LogP) is 1.91. The van der Waals surface area contributed by atoms with Gasteiger partial charge < -0.3 is 9.84 Å². The Balaban J connectivity index is 2.72. The van der Waals surface area contributed by atoms with E-state index in [0.29, 0.717) is 4.34 Å². The second kappa shape index (κ2) is 4.16. The van der Waals surface area contributed by atoms with Gasteiger partial charge in [0.2, 0.25) is 0 Å². The zero-order chi connectivity index (χ0) is 12.8. The van der Waals surface area contributed by atoms with Crippen molar-refractivity contribution in [3.05, 3.63) is 21.0 Å². The maximum absolute atomic E-state index is 12.1. The zero-order valence-corrected chi connectivity index (χ0v) is 11.5. The van der Waals surface area contributed by atoms with Gasteiger partial charge in [0.15, 0.2) is 5.76 Å². The van der Waals surface area contributed by atoms with Crippen LogP contribution in [0.5, 0.6) is 0 Å². The van der Waals surface area contributed by atoms with Gasteiger partial charge in [0, 0.05) is 14.2 Å². The molecule has 94 valence electrons. The summed E-state index contributed by atoms with van der Waals surface area (Å²) in [5, 5.41) is 10.0. The maximum atomic E-state index is 12.1. The summed E-state index contributed by atoms with van der Waals surface area (Å²) in [4.78, 5) is 0.299. The fourth-order valence-electron chi connectivity index (χ4n) is 1.57. The van der Waals surface area contributed by atoms with E-state index in [1.165, 1.54) is 20.2 Å². The van der Waals surface area contributed by atoms with Crippen LogP contribution in [0.1, 0.15) is 4.88 Å². The van der Waals surface area contributed by atoms with Gasteiger partial charge in [-0.15, -0.1) is 11.3 Å². The van der Waals surface area contributed by atoms with Gasteiger partial charge >= 0.3 is 0 Å². The van der Waals surface area contributed by atoms with Crippen molar-refractivity contribution in [3.63, 3.8) is 0 Å². The lowest BCUT2D eigenvalue weighted by molar-refractivity contribution is 0.208. The lowest BCUT2D eigenvalue weighted by atomic mass is 10.3. The first-order valence-electron chi connectivity index (χ1n) is 4.59. The van der Waals surface area contributed by atoms with E-state index in [4.69, 9.17) is 16.3 Å². The Morgan fingerprint density at radius 3 is 2.82 bits per heavy atom. The molecule has 0 bridgehead atoms. The van der Waals surface area contributed by atoms with Crippen LogP contribution in [-0.4, -0.2) is 38.6 Å². The number of rotatable bonds is 2. The molecule has 2 heterocycles. The minimum absolute atomic E-state index is 0.0104.